The Morgan fingerprint density at radius 1 is 1.16 bits per heavy atom. The number of hydrogen-bond donors (Lipinski definition) is 2. The predicted octanol–water partition coefficient (Wildman–Crippen LogP) is 2.61. The molecule has 2 aromatic rings. The van der Waals surface area contributed by atoms with E-state index in [1.807, 2.05) is 24.3 Å². The summed E-state index contributed by atoms with van der Waals surface area (Å²) >= 11 is 3.43. The van der Waals surface area contributed by atoms with E-state index >= 15 is 0 Å². The lowest BCUT2D eigenvalue weighted by atomic mass is 10.1. The molecule has 0 unspecified atom stereocenters. The standard InChI is InChI=1S/C18H19BrFNO4/c1-21(8-12-4-2-3-5-16(12)19)17(24)11-25-18-13(9-22)6-15(20)7-14(18)10-23/h2-7,22-23H,8-11H2,1H3. The Bertz CT molecular complexity index is 729. The number of amides is 1. The molecule has 0 saturated heterocycles. The summed E-state index contributed by atoms with van der Waals surface area (Å²) in [7, 11) is 1.65. The number of aliphatic hydroxyl groups excluding tert-OH is 2. The number of rotatable bonds is 7. The van der Waals surface area contributed by atoms with Crippen LogP contribution in [0.15, 0.2) is 40.9 Å². The largest absolute Gasteiger partial charge is 0.483 e. The molecule has 0 aromatic heterocycles. The third kappa shape index (κ3) is 5.01. The number of carbonyl (C=O) groups is 1. The molecule has 134 valence electrons. The Labute approximate surface area is 153 Å². The number of nitrogens with zero attached hydrogens (tertiary/aromatic N) is 1. The van der Waals surface area contributed by atoms with Crippen LogP contribution in [0, 0.1) is 5.82 Å². The average molecular weight is 412 g/mol. The number of benzene rings is 2. The molecule has 5 nitrogen and oxygen atoms in total. The van der Waals surface area contributed by atoms with Crippen molar-refractivity contribution in [2.24, 2.45) is 0 Å². The topological polar surface area (TPSA) is 70.0 Å². The fourth-order valence-corrected chi connectivity index (χ4v) is 2.76. The zero-order valence-electron chi connectivity index (χ0n) is 13.7. The summed E-state index contributed by atoms with van der Waals surface area (Å²) in [5.41, 5.74) is 1.32. The van der Waals surface area contributed by atoms with Gasteiger partial charge in [-0.15, -0.1) is 0 Å². The molecule has 0 aliphatic rings. The van der Waals surface area contributed by atoms with Crippen LogP contribution in [-0.2, 0) is 24.6 Å². The maximum atomic E-state index is 13.4. The minimum atomic E-state index is -0.585. The first-order chi connectivity index (χ1) is 12.0. The Kier molecular flexibility index (Phi) is 6.92. The molecule has 0 fully saturated rings. The van der Waals surface area contributed by atoms with Gasteiger partial charge in [0, 0.05) is 29.2 Å². The molecule has 2 N–H and O–H groups in total. The highest BCUT2D eigenvalue weighted by molar-refractivity contribution is 9.10. The quantitative estimate of drug-likeness (QED) is 0.734. The Hall–Kier alpha value is -1.96. The van der Waals surface area contributed by atoms with Crippen molar-refractivity contribution in [2.45, 2.75) is 19.8 Å². The van der Waals surface area contributed by atoms with Crippen molar-refractivity contribution in [3.05, 3.63) is 63.4 Å². The van der Waals surface area contributed by atoms with Crippen molar-refractivity contribution in [3.63, 3.8) is 0 Å². The van der Waals surface area contributed by atoms with Gasteiger partial charge in [0.1, 0.15) is 11.6 Å². The molecule has 0 aliphatic carbocycles. The summed E-state index contributed by atoms with van der Waals surface area (Å²) in [5, 5.41) is 18.7. The Morgan fingerprint density at radius 3 is 2.32 bits per heavy atom. The molecule has 2 aromatic carbocycles. The van der Waals surface area contributed by atoms with Gasteiger partial charge < -0.3 is 19.8 Å². The van der Waals surface area contributed by atoms with Crippen molar-refractivity contribution < 1.29 is 24.1 Å². The zero-order valence-corrected chi connectivity index (χ0v) is 15.3. The van der Waals surface area contributed by atoms with Crippen molar-refractivity contribution in [2.75, 3.05) is 13.7 Å². The molecule has 2 rings (SSSR count). The predicted molar refractivity (Wildman–Crippen MR) is 94.4 cm³/mol. The first kappa shape index (κ1) is 19.4. The van der Waals surface area contributed by atoms with Gasteiger partial charge in [-0.25, -0.2) is 4.39 Å². The normalized spacial score (nSPS) is 10.6. The highest BCUT2D eigenvalue weighted by Crippen LogP contribution is 2.26. The first-order valence-electron chi connectivity index (χ1n) is 7.59. The maximum Gasteiger partial charge on any atom is 0.260 e. The van der Waals surface area contributed by atoms with E-state index in [2.05, 4.69) is 15.9 Å². The molecule has 1 amide bonds. The highest BCUT2D eigenvalue weighted by atomic mass is 79.9. The third-order valence-electron chi connectivity index (χ3n) is 3.68. The lowest BCUT2D eigenvalue weighted by molar-refractivity contribution is -0.132. The van der Waals surface area contributed by atoms with Crippen LogP contribution in [0.5, 0.6) is 5.75 Å². The molecular weight excluding hydrogens is 393 g/mol. The summed E-state index contributed by atoms with van der Waals surface area (Å²) in [5.74, 6) is -0.736. The molecule has 0 radical (unpaired) electrons. The van der Waals surface area contributed by atoms with Gasteiger partial charge in [-0.1, -0.05) is 34.1 Å². The van der Waals surface area contributed by atoms with E-state index in [0.717, 1.165) is 22.2 Å². The first-order valence-corrected chi connectivity index (χ1v) is 8.38. The van der Waals surface area contributed by atoms with Crippen LogP contribution in [0.2, 0.25) is 0 Å². The molecular formula is C18H19BrFNO4. The number of carbonyl (C=O) groups excluding carboxylic acids is 1. The van der Waals surface area contributed by atoms with Gasteiger partial charge in [0.2, 0.25) is 0 Å². The van der Waals surface area contributed by atoms with Crippen LogP contribution in [-0.4, -0.2) is 34.7 Å². The van der Waals surface area contributed by atoms with E-state index in [9.17, 15) is 19.4 Å². The molecule has 0 saturated carbocycles. The van der Waals surface area contributed by atoms with Crippen molar-refractivity contribution in [1.29, 1.82) is 0 Å². The Morgan fingerprint density at radius 2 is 1.76 bits per heavy atom. The van der Waals surface area contributed by atoms with Gasteiger partial charge in [0.05, 0.1) is 13.2 Å². The monoisotopic (exact) mass is 411 g/mol. The third-order valence-corrected chi connectivity index (χ3v) is 4.45. The molecule has 0 aliphatic heterocycles. The molecule has 0 heterocycles. The van der Waals surface area contributed by atoms with Crippen LogP contribution < -0.4 is 4.74 Å². The van der Waals surface area contributed by atoms with Crippen LogP contribution in [0.25, 0.3) is 0 Å². The van der Waals surface area contributed by atoms with Crippen LogP contribution in [0.4, 0.5) is 4.39 Å². The lowest BCUT2D eigenvalue weighted by Gasteiger charge is -2.20. The van der Waals surface area contributed by atoms with E-state index in [1.165, 1.54) is 4.90 Å². The minimum Gasteiger partial charge on any atom is -0.483 e. The van der Waals surface area contributed by atoms with Gasteiger partial charge in [-0.2, -0.15) is 0 Å². The smallest absolute Gasteiger partial charge is 0.260 e. The second-order valence-corrected chi connectivity index (χ2v) is 6.35. The van der Waals surface area contributed by atoms with Crippen molar-refractivity contribution in [1.82, 2.24) is 4.90 Å². The van der Waals surface area contributed by atoms with E-state index in [1.54, 1.807) is 7.05 Å². The van der Waals surface area contributed by atoms with Gasteiger partial charge in [-0.3, -0.25) is 4.79 Å². The minimum absolute atomic E-state index is 0.133. The molecule has 0 atom stereocenters. The fourth-order valence-electron chi connectivity index (χ4n) is 2.35. The summed E-state index contributed by atoms with van der Waals surface area (Å²) in [6.45, 7) is -0.804. The molecule has 0 spiro atoms. The number of halogens is 2. The number of hydrogen-bond acceptors (Lipinski definition) is 4. The summed E-state index contributed by atoms with van der Waals surface area (Å²) < 4.78 is 19.8. The van der Waals surface area contributed by atoms with Gasteiger partial charge in [0.25, 0.3) is 5.91 Å². The second kappa shape index (κ2) is 8.94. The SMILES string of the molecule is CN(Cc1ccccc1Br)C(=O)COc1c(CO)cc(F)cc1CO. The maximum absolute atomic E-state index is 13.4. The summed E-state index contributed by atoms with van der Waals surface area (Å²) in [6, 6.07) is 9.80. The van der Waals surface area contributed by atoms with E-state index in [-0.39, 0.29) is 29.4 Å². The van der Waals surface area contributed by atoms with E-state index in [4.69, 9.17) is 4.74 Å². The molecule has 7 heteroatoms. The molecule has 25 heavy (non-hydrogen) atoms. The van der Waals surface area contributed by atoms with Gasteiger partial charge in [-0.05, 0) is 23.8 Å². The lowest BCUT2D eigenvalue weighted by Crippen LogP contribution is -2.31. The Balaban J connectivity index is 2.06. The van der Waals surface area contributed by atoms with Crippen molar-refractivity contribution >= 4 is 21.8 Å². The van der Waals surface area contributed by atoms with Crippen LogP contribution in [0.1, 0.15) is 16.7 Å². The second-order valence-electron chi connectivity index (χ2n) is 5.50. The number of likely N-dealkylation sites (N-methyl/N-ethyl adjacent to an activating group) is 1. The van der Waals surface area contributed by atoms with Crippen LogP contribution in [0.3, 0.4) is 0 Å². The fraction of sp³-hybridized carbons (Fsp3) is 0.278. The average Bonchev–Trinajstić information content (AvgIpc) is 2.61. The van der Waals surface area contributed by atoms with Crippen molar-refractivity contribution in [3.8, 4) is 5.75 Å². The highest BCUT2D eigenvalue weighted by Gasteiger charge is 2.16. The molecule has 0 bridgehead atoms. The number of aliphatic hydroxyl groups is 2. The van der Waals surface area contributed by atoms with E-state index in [0.29, 0.717) is 6.54 Å². The summed E-state index contributed by atoms with van der Waals surface area (Å²) in [4.78, 5) is 13.8. The van der Waals surface area contributed by atoms with Crippen LogP contribution >= 0.6 is 15.9 Å². The van der Waals surface area contributed by atoms with Gasteiger partial charge in [0.15, 0.2) is 6.61 Å². The van der Waals surface area contributed by atoms with E-state index < -0.39 is 19.0 Å². The zero-order chi connectivity index (χ0) is 18.4. The summed E-state index contributed by atoms with van der Waals surface area (Å²) in [6.07, 6.45) is 0. The van der Waals surface area contributed by atoms with Gasteiger partial charge >= 0.3 is 0 Å². The number of ether oxygens (including phenoxy) is 1.